The van der Waals surface area contributed by atoms with Crippen LogP contribution in [0, 0.1) is 0 Å². The first-order valence-electron chi connectivity index (χ1n) is 6.79. The van der Waals surface area contributed by atoms with Crippen molar-refractivity contribution in [2.75, 3.05) is 0 Å². The van der Waals surface area contributed by atoms with E-state index in [1.54, 1.807) is 24.3 Å². The number of halogens is 2. The van der Waals surface area contributed by atoms with E-state index in [0.29, 0.717) is 11.6 Å². The zero-order chi connectivity index (χ0) is 14.8. The number of rotatable bonds is 4. The fourth-order valence-corrected chi connectivity index (χ4v) is 2.07. The Kier molecular flexibility index (Phi) is 3.64. The molecule has 0 radical (unpaired) electrons. The van der Waals surface area contributed by atoms with Crippen LogP contribution in [-0.2, 0) is 0 Å². The Morgan fingerprint density at radius 1 is 1.19 bits per heavy atom. The van der Waals surface area contributed by atoms with E-state index in [4.69, 9.17) is 0 Å². The molecule has 0 atom stereocenters. The molecular weight excluding hydrogens is 274 g/mol. The summed E-state index contributed by atoms with van der Waals surface area (Å²) in [7, 11) is 0. The van der Waals surface area contributed by atoms with Crippen LogP contribution in [0.15, 0.2) is 35.1 Å². The van der Waals surface area contributed by atoms with Crippen molar-refractivity contribution in [3.8, 4) is 0 Å². The summed E-state index contributed by atoms with van der Waals surface area (Å²) in [4.78, 5) is 18.7. The molecule has 0 spiro atoms. The van der Waals surface area contributed by atoms with Crippen molar-refractivity contribution >= 4 is 12.2 Å². The summed E-state index contributed by atoms with van der Waals surface area (Å²) < 4.78 is 24.9. The number of alkyl halides is 2. The standard InChI is InChI=1S/C16H14F2N2O/c17-15(18)11-4-1-10(2-5-11)3-8-13-9-14(21)20-16(19-13)12-6-7-12/h1-5,8-9,12,15H,6-7H2,(H,19,20,21)/b8-3+. The van der Waals surface area contributed by atoms with Gasteiger partial charge in [-0.2, -0.15) is 0 Å². The zero-order valence-corrected chi connectivity index (χ0v) is 11.2. The van der Waals surface area contributed by atoms with Crippen molar-refractivity contribution in [1.29, 1.82) is 0 Å². The van der Waals surface area contributed by atoms with Crippen molar-refractivity contribution < 1.29 is 8.78 Å². The first kappa shape index (κ1) is 13.7. The van der Waals surface area contributed by atoms with Gasteiger partial charge in [-0.15, -0.1) is 0 Å². The van der Waals surface area contributed by atoms with Crippen LogP contribution in [0.5, 0.6) is 0 Å². The molecule has 1 aliphatic carbocycles. The van der Waals surface area contributed by atoms with Gasteiger partial charge < -0.3 is 4.98 Å². The summed E-state index contributed by atoms with van der Waals surface area (Å²) >= 11 is 0. The molecule has 1 fully saturated rings. The molecule has 3 rings (SSSR count). The van der Waals surface area contributed by atoms with Crippen LogP contribution in [0.3, 0.4) is 0 Å². The lowest BCUT2D eigenvalue weighted by Crippen LogP contribution is -2.10. The Labute approximate surface area is 120 Å². The second-order valence-corrected chi connectivity index (χ2v) is 5.13. The second kappa shape index (κ2) is 5.60. The molecule has 1 N–H and O–H groups in total. The summed E-state index contributed by atoms with van der Waals surface area (Å²) in [6.45, 7) is 0. The Hall–Kier alpha value is -2.30. The van der Waals surface area contributed by atoms with Gasteiger partial charge in [0.1, 0.15) is 5.82 Å². The van der Waals surface area contributed by atoms with Gasteiger partial charge in [-0.05, 0) is 24.5 Å². The molecule has 1 aromatic heterocycles. The molecule has 5 heteroatoms. The van der Waals surface area contributed by atoms with E-state index in [1.165, 1.54) is 18.2 Å². The van der Waals surface area contributed by atoms with Crippen LogP contribution < -0.4 is 5.56 Å². The fourth-order valence-electron chi connectivity index (χ4n) is 2.07. The highest BCUT2D eigenvalue weighted by Crippen LogP contribution is 2.37. The molecule has 1 saturated carbocycles. The van der Waals surface area contributed by atoms with Crippen molar-refractivity contribution in [3.63, 3.8) is 0 Å². The summed E-state index contributed by atoms with van der Waals surface area (Å²) in [6.07, 6.45) is 3.14. The van der Waals surface area contributed by atoms with Gasteiger partial charge in [0, 0.05) is 17.5 Å². The molecule has 0 amide bonds. The van der Waals surface area contributed by atoms with E-state index in [1.807, 2.05) is 0 Å². The minimum absolute atomic E-state index is 0.00236. The van der Waals surface area contributed by atoms with Crippen LogP contribution >= 0.6 is 0 Å². The molecule has 1 heterocycles. The van der Waals surface area contributed by atoms with Crippen LogP contribution in [0.2, 0.25) is 0 Å². The van der Waals surface area contributed by atoms with E-state index in [9.17, 15) is 13.6 Å². The zero-order valence-electron chi connectivity index (χ0n) is 11.2. The number of aromatic amines is 1. The number of hydrogen-bond acceptors (Lipinski definition) is 2. The highest BCUT2D eigenvalue weighted by molar-refractivity contribution is 5.67. The highest BCUT2D eigenvalue weighted by Gasteiger charge is 2.26. The largest absolute Gasteiger partial charge is 0.310 e. The van der Waals surface area contributed by atoms with Crippen molar-refractivity contribution in [1.82, 2.24) is 9.97 Å². The Balaban J connectivity index is 1.80. The lowest BCUT2D eigenvalue weighted by Gasteiger charge is -2.00. The second-order valence-electron chi connectivity index (χ2n) is 5.13. The van der Waals surface area contributed by atoms with E-state index < -0.39 is 6.43 Å². The maximum absolute atomic E-state index is 12.5. The third-order valence-electron chi connectivity index (χ3n) is 3.38. The van der Waals surface area contributed by atoms with Crippen LogP contribution in [0.4, 0.5) is 8.78 Å². The normalized spacial score (nSPS) is 15.0. The van der Waals surface area contributed by atoms with Gasteiger partial charge in [0.25, 0.3) is 12.0 Å². The Morgan fingerprint density at radius 2 is 1.90 bits per heavy atom. The number of nitrogens with one attached hydrogen (secondary N) is 1. The highest BCUT2D eigenvalue weighted by atomic mass is 19.3. The molecule has 2 aromatic rings. The summed E-state index contributed by atoms with van der Waals surface area (Å²) in [5, 5.41) is 0. The molecule has 108 valence electrons. The third kappa shape index (κ3) is 3.42. The quantitative estimate of drug-likeness (QED) is 0.931. The molecule has 0 saturated heterocycles. The minimum atomic E-state index is -2.46. The first-order valence-corrected chi connectivity index (χ1v) is 6.79. The lowest BCUT2D eigenvalue weighted by atomic mass is 10.1. The van der Waals surface area contributed by atoms with Gasteiger partial charge in [-0.25, -0.2) is 13.8 Å². The Morgan fingerprint density at radius 3 is 2.52 bits per heavy atom. The topological polar surface area (TPSA) is 45.8 Å². The molecule has 3 nitrogen and oxygen atoms in total. The van der Waals surface area contributed by atoms with Crippen molar-refractivity contribution in [3.05, 3.63) is 63.3 Å². The average Bonchev–Trinajstić information content (AvgIpc) is 3.29. The third-order valence-corrected chi connectivity index (χ3v) is 3.38. The molecule has 0 unspecified atom stereocenters. The molecule has 1 aliphatic rings. The summed E-state index contributed by atoms with van der Waals surface area (Å²) in [5.41, 5.74) is 1.20. The van der Waals surface area contributed by atoms with E-state index in [0.717, 1.165) is 24.2 Å². The number of benzene rings is 1. The monoisotopic (exact) mass is 288 g/mol. The lowest BCUT2D eigenvalue weighted by molar-refractivity contribution is 0.151. The number of nitrogens with zero attached hydrogens (tertiary/aromatic N) is 1. The van der Waals surface area contributed by atoms with Crippen LogP contribution in [-0.4, -0.2) is 9.97 Å². The summed E-state index contributed by atoms with van der Waals surface area (Å²) in [5.74, 6) is 1.10. The van der Waals surface area contributed by atoms with Gasteiger partial charge in [0.2, 0.25) is 0 Å². The van der Waals surface area contributed by atoms with Crippen molar-refractivity contribution in [2.24, 2.45) is 0 Å². The Bertz CT molecular complexity index is 716. The van der Waals surface area contributed by atoms with Gasteiger partial charge >= 0.3 is 0 Å². The van der Waals surface area contributed by atoms with Crippen LogP contribution in [0.1, 0.15) is 47.8 Å². The maximum Gasteiger partial charge on any atom is 0.263 e. The number of hydrogen-bond donors (Lipinski definition) is 1. The smallest absolute Gasteiger partial charge is 0.263 e. The molecule has 21 heavy (non-hydrogen) atoms. The first-order chi connectivity index (χ1) is 10.1. The fraction of sp³-hybridized carbons (Fsp3) is 0.250. The predicted octanol–water partition coefficient (Wildman–Crippen LogP) is 3.76. The van der Waals surface area contributed by atoms with Gasteiger partial charge in [0.15, 0.2) is 0 Å². The van der Waals surface area contributed by atoms with Crippen LogP contribution in [0.25, 0.3) is 12.2 Å². The molecule has 0 bridgehead atoms. The maximum atomic E-state index is 12.5. The molecular formula is C16H14F2N2O. The number of aromatic nitrogens is 2. The predicted molar refractivity (Wildman–Crippen MR) is 77.2 cm³/mol. The number of H-pyrrole nitrogens is 1. The molecule has 0 aliphatic heterocycles. The van der Waals surface area contributed by atoms with E-state index in [2.05, 4.69) is 9.97 Å². The van der Waals surface area contributed by atoms with Crippen molar-refractivity contribution in [2.45, 2.75) is 25.2 Å². The van der Waals surface area contributed by atoms with E-state index >= 15 is 0 Å². The minimum Gasteiger partial charge on any atom is -0.310 e. The summed E-state index contributed by atoms with van der Waals surface area (Å²) in [6, 6.07) is 7.45. The SMILES string of the molecule is O=c1cc(/C=C/c2ccc(C(F)F)cc2)nc(C2CC2)[nH]1. The molecule has 1 aromatic carbocycles. The van der Waals surface area contributed by atoms with Gasteiger partial charge in [0.05, 0.1) is 5.69 Å². The average molecular weight is 288 g/mol. The van der Waals surface area contributed by atoms with E-state index in [-0.39, 0.29) is 11.1 Å². The van der Waals surface area contributed by atoms with Gasteiger partial charge in [-0.1, -0.05) is 30.3 Å². The van der Waals surface area contributed by atoms with Gasteiger partial charge in [-0.3, -0.25) is 4.79 Å².